The molecule has 0 aliphatic carbocycles. The van der Waals surface area contributed by atoms with Gasteiger partial charge in [-0.1, -0.05) is 0 Å². The predicted molar refractivity (Wildman–Crippen MR) is 33.0 cm³/mol. The highest BCUT2D eigenvalue weighted by molar-refractivity contribution is 4.83. The Hall–Kier alpha value is -0.220. The lowest BCUT2D eigenvalue weighted by Crippen LogP contribution is -2.46. The highest BCUT2D eigenvalue weighted by Gasteiger charge is 2.40. The van der Waals surface area contributed by atoms with Crippen LogP contribution in [0.15, 0.2) is 0 Å². The largest absolute Gasteiger partial charge is 0.396 e. The van der Waals surface area contributed by atoms with Gasteiger partial charge in [-0.3, -0.25) is 0 Å². The van der Waals surface area contributed by atoms with Gasteiger partial charge in [-0.25, -0.2) is 8.78 Å². The molecule has 0 aromatic heterocycles. The van der Waals surface area contributed by atoms with E-state index in [-0.39, 0.29) is 13.0 Å². The lowest BCUT2D eigenvalue weighted by atomic mass is 9.96. The molecule has 0 unspecified atom stereocenters. The van der Waals surface area contributed by atoms with E-state index < -0.39 is 18.4 Å². The molecule has 1 fully saturated rings. The Morgan fingerprint density at radius 3 is 2.70 bits per heavy atom. The lowest BCUT2D eigenvalue weighted by molar-refractivity contribution is -0.0936. The quantitative estimate of drug-likeness (QED) is 0.562. The maximum atomic E-state index is 12.7. The van der Waals surface area contributed by atoms with Crippen LogP contribution in [0.3, 0.4) is 0 Å². The highest BCUT2D eigenvalue weighted by Crippen LogP contribution is 2.29. The van der Waals surface area contributed by atoms with E-state index >= 15 is 0 Å². The van der Waals surface area contributed by atoms with Gasteiger partial charge in [-0.15, -0.1) is 0 Å². The third-order valence-electron chi connectivity index (χ3n) is 1.84. The van der Waals surface area contributed by atoms with Crippen molar-refractivity contribution in [2.75, 3.05) is 19.7 Å². The minimum absolute atomic E-state index is 0.155. The van der Waals surface area contributed by atoms with Gasteiger partial charge in [-0.2, -0.15) is 0 Å². The second-order valence-corrected chi connectivity index (χ2v) is 2.59. The third kappa shape index (κ3) is 1.44. The number of alkyl halides is 2. The average molecular weight is 151 g/mol. The fourth-order valence-electron chi connectivity index (χ4n) is 1.08. The summed E-state index contributed by atoms with van der Waals surface area (Å²) in [7, 11) is 0. The average Bonchev–Trinajstić information content (AvgIpc) is 1.87. The van der Waals surface area contributed by atoms with Crippen LogP contribution in [0.25, 0.3) is 0 Å². The van der Waals surface area contributed by atoms with Crippen molar-refractivity contribution in [3.05, 3.63) is 0 Å². The van der Waals surface area contributed by atoms with Gasteiger partial charge < -0.3 is 10.4 Å². The van der Waals surface area contributed by atoms with E-state index in [1.165, 1.54) is 0 Å². The van der Waals surface area contributed by atoms with Gasteiger partial charge in [0.2, 0.25) is 0 Å². The van der Waals surface area contributed by atoms with Gasteiger partial charge in [0, 0.05) is 19.5 Å². The zero-order valence-electron chi connectivity index (χ0n) is 5.61. The van der Waals surface area contributed by atoms with E-state index in [1.54, 1.807) is 0 Å². The van der Waals surface area contributed by atoms with E-state index in [2.05, 4.69) is 5.32 Å². The summed E-state index contributed by atoms with van der Waals surface area (Å²) in [6, 6.07) is 0. The second kappa shape index (κ2) is 2.80. The van der Waals surface area contributed by atoms with Crippen LogP contribution in [0.4, 0.5) is 8.78 Å². The fraction of sp³-hybridized carbons (Fsp3) is 1.00. The SMILES string of the molecule is OC[C@@H]1CNCCC1(F)F. The molecule has 0 aromatic carbocycles. The van der Waals surface area contributed by atoms with E-state index in [4.69, 9.17) is 5.11 Å². The fourth-order valence-corrected chi connectivity index (χ4v) is 1.08. The Kier molecular flexibility index (Phi) is 2.21. The van der Waals surface area contributed by atoms with Crippen LogP contribution in [-0.2, 0) is 0 Å². The summed E-state index contributed by atoms with van der Waals surface area (Å²) in [5.41, 5.74) is 0. The van der Waals surface area contributed by atoms with Gasteiger partial charge in [0.1, 0.15) is 0 Å². The van der Waals surface area contributed by atoms with Gasteiger partial charge in [0.15, 0.2) is 0 Å². The van der Waals surface area contributed by atoms with Crippen molar-refractivity contribution in [3.63, 3.8) is 0 Å². The highest BCUT2D eigenvalue weighted by atomic mass is 19.3. The Morgan fingerprint density at radius 1 is 1.60 bits per heavy atom. The number of hydrogen-bond donors (Lipinski definition) is 2. The lowest BCUT2D eigenvalue weighted by Gasteiger charge is -2.30. The van der Waals surface area contributed by atoms with Crippen LogP contribution in [0.2, 0.25) is 0 Å². The standard InChI is InChI=1S/C6H11F2NO/c7-6(8)1-2-9-3-5(6)4-10/h5,9-10H,1-4H2/t5-/m0/s1. The molecule has 1 aliphatic rings. The van der Waals surface area contributed by atoms with Crippen LogP contribution >= 0.6 is 0 Å². The molecule has 1 heterocycles. The molecule has 1 saturated heterocycles. The summed E-state index contributed by atoms with van der Waals surface area (Å²) in [5.74, 6) is -3.55. The molecule has 1 rings (SSSR count). The second-order valence-electron chi connectivity index (χ2n) is 2.59. The molecule has 0 amide bonds. The van der Waals surface area contributed by atoms with Gasteiger partial charge in [-0.05, 0) is 0 Å². The molecule has 0 aromatic rings. The van der Waals surface area contributed by atoms with Crippen molar-refractivity contribution < 1.29 is 13.9 Å². The summed E-state index contributed by atoms with van der Waals surface area (Å²) in [4.78, 5) is 0. The Morgan fingerprint density at radius 2 is 2.30 bits per heavy atom. The first-order valence-corrected chi connectivity index (χ1v) is 3.36. The molecule has 0 radical (unpaired) electrons. The molecule has 10 heavy (non-hydrogen) atoms. The normalized spacial score (nSPS) is 32.1. The van der Waals surface area contributed by atoms with Crippen molar-refractivity contribution in [1.82, 2.24) is 5.32 Å². The van der Waals surface area contributed by atoms with Crippen LogP contribution in [0.1, 0.15) is 6.42 Å². The number of nitrogens with one attached hydrogen (secondary N) is 1. The smallest absolute Gasteiger partial charge is 0.255 e. The van der Waals surface area contributed by atoms with Crippen molar-refractivity contribution in [3.8, 4) is 0 Å². The number of hydrogen-bond acceptors (Lipinski definition) is 2. The summed E-state index contributed by atoms with van der Waals surface area (Å²) in [6.45, 7) is 0.146. The number of aliphatic hydroxyl groups excluding tert-OH is 1. The van der Waals surface area contributed by atoms with Gasteiger partial charge in [0.05, 0.1) is 12.5 Å². The summed E-state index contributed by atoms with van der Waals surface area (Å²) in [6.07, 6.45) is -0.155. The molecule has 4 heteroatoms. The molecule has 1 atom stereocenters. The topological polar surface area (TPSA) is 32.3 Å². The molecule has 2 nitrogen and oxygen atoms in total. The maximum absolute atomic E-state index is 12.7. The molecular formula is C6H11F2NO. The van der Waals surface area contributed by atoms with E-state index in [0.717, 1.165) is 0 Å². The Labute approximate surface area is 58.2 Å². The first-order chi connectivity index (χ1) is 4.67. The van der Waals surface area contributed by atoms with E-state index in [9.17, 15) is 8.78 Å². The molecule has 2 N–H and O–H groups in total. The van der Waals surface area contributed by atoms with Crippen molar-refractivity contribution in [2.24, 2.45) is 5.92 Å². The van der Waals surface area contributed by atoms with Crippen molar-refractivity contribution >= 4 is 0 Å². The minimum atomic E-state index is -2.67. The molecule has 0 saturated carbocycles. The first-order valence-electron chi connectivity index (χ1n) is 3.36. The maximum Gasteiger partial charge on any atom is 0.255 e. The van der Waals surface area contributed by atoms with Crippen molar-refractivity contribution in [1.29, 1.82) is 0 Å². The van der Waals surface area contributed by atoms with Gasteiger partial charge in [0.25, 0.3) is 5.92 Å². The predicted octanol–water partition coefficient (Wildman–Crippen LogP) is 0.224. The zero-order chi connectivity index (χ0) is 7.61. The number of aliphatic hydroxyl groups is 1. The molecule has 0 spiro atoms. The molecule has 0 bridgehead atoms. The summed E-state index contributed by atoms with van der Waals surface area (Å²) < 4.78 is 25.3. The number of rotatable bonds is 1. The van der Waals surface area contributed by atoms with Crippen LogP contribution < -0.4 is 5.32 Å². The Balaban J connectivity index is 2.51. The number of piperidine rings is 1. The molecule has 1 aliphatic heterocycles. The van der Waals surface area contributed by atoms with Crippen LogP contribution in [-0.4, -0.2) is 30.7 Å². The summed E-state index contributed by atoms with van der Waals surface area (Å²) >= 11 is 0. The Bertz CT molecular complexity index is 118. The monoisotopic (exact) mass is 151 g/mol. The first kappa shape index (κ1) is 7.88. The summed E-state index contributed by atoms with van der Waals surface area (Å²) in [5, 5.41) is 11.3. The molecular weight excluding hydrogens is 140 g/mol. The van der Waals surface area contributed by atoms with E-state index in [0.29, 0.717) is 6.54 Å². The zero-order valence-corrected chi connectivity index (χ0v) is 5.61. The number of halogens is 2. The van der Waals surface area contributed by atoms with Crippen LogP contribution in [0, 0.1) is 5.92 Å². The third-order valence-corrected chi connectivity index (χ3v) is 1.84. The van der Waals surface area contributed by atoms with Crippen LogP contribution in [0.5, 0.6) is 0 Å². The molecule has 60 valence electrons. The van der Waals surface area contributed by atoms with Crippen molar-refractivity contribution in [2.45, 2.75) is 12.3 Å². The van der Waals surface area contributed by atoms with Gasteiger partial charge >= 0.3 is 0 Å². The van der Waals surface area contributed by atoms with E-state index in [1.807, 2.05) is 0 Å². The minimum Gasteiger partial charge on any atom is -0.396 e.